The summed E-state index contributed by atoms with van der Waals surface area (Å²) in [4.78, 5) is 17.0. The summed E-state index contributed by atoms with van der Waals surface area (Å²) in [5, 5.41) is 12.8. The summed E-state index contributed by atoms with van der Waals surface area (Å²) < 4.78 is 0. The molecule has 2 aliphatic carbocycles. The Morgan fingerprint density at radius 1 is 1.19 bits per heavy atom. The van der Waals surface area contributed by atoms with E-state index in [0.29, 0.717) is 12.8 Å². The van der Waals surface area contributed by atoms with Crippen LogP contribution in [0.5, 0.6) is 0 Å². The molecule has 3 fully saturated rings. The molecule has 1 aliphatic heterocycles. The maximum Gasteiger partial charge on any atom is 0.252 e. The van der Waals surface area contributed by atoms with E-state index in [-0.39, 0.29) is 11.9 Å². The average molecular weight is 372 g/mol. The van der Waals surface area contributed by atoms with Crippen molar-refractivity contribution in [2.75, 3.05) is 37.6 Å². The predicted octanol–water partition coefficient (Wildman–Crippen LogP) is 2.24. The number of benzene rings is 1. The van der Waals surface area contributed by atoms with Gasteiger partial charge in [0.25, 0.3) is 5.91 Å². The minimum Gasteiger partial charge on any atom is -0.380 e. The second kappa shape index (κ2) is 7.44. The summed E-state index contributed by atoms with van der Waals surface area (Å²) >= 11 is 0. The molecule has 0 radical (unpaired) electrons. The highest BCUT2D eigenvalue weighted by Gasteiger charge is 2.49. The molecule has 2 saturated carbocycles. The van der Waals surface area contributed by atoms with E-state index in [9.17, 15) is 9.90 Å². The van der Waals surface area contributed by atoms with E-state index < -0.39 is 5.60 Å². The molecule has 5 heteroatoms. The molecule has 5 nitrogen and oxygen atoms in total. The SMILES string of the molecule is Cc1cccc(N2CCN(CC[C@H]3C[C@@H](NC(=O)C4(O)CC4)C3)CC2)c1C. The fraction of sp³-hybridized carbons (Fsp3) is 0.682. The number of nitrogens with zero attached hydrogens (tertiary/aromatic N) is 2. The summed E-state index contributed by atoms with van der Waals surface area (Å²) in [6.07, 6.45) is 4.63. The molecule has 2 N–H and O–H groups in total. The number of nitrogens with one attached hydrogen (secondary N) is 1. The van der Waals surface area contributed by atoms with Crippen LogP contribution in [0.1, 0.15) is 43.2 Å². The molecule has 0 aromatic heterocycles. The molecule has 148 valence electrons. The number of piperazine rings is 1. The third kappa shape index (κ3) is 4.14. The van der Waals surface area contributed by atoms with Crippen molar-refractivity contribution in [1.29, 1.82) is 0 Å². The molecule has 0 bridgehead atoms. The molecule has 0 atom stereocenters. The van der Waals surface area contributed by atoms with Crippen LogP contribution in [0.2, 0.25) is 0 Å². The molecule has 27 heavy (non-hydrogen) atoms. The van der Waals surface area contributed by atoms with Crippen molar-refractivity contribution in [3.8, 4) is 0 Å². The van der Waals surface area contributed by atoms with Crippen molar-refractivity contribution in [2.45, 2.75) is 57.6 Å². The van der Waals surface area contributed by atoms with Crippen molar-refractivity contribution >= 4 is 11.6 Å². The fourth-order valence-corrected chi connectivity index (χ4v) is 4.41. The molecule has 1 heterocycles. The molecule has 1 aromatic rings. The largest absolute Gasteiger partial charge is 0.380 e. The van der Waals surface area contributed by atoms with E-state index in [2.05, 4.69) is 47.2 Å². The van der Waals surface area contributed by atoms with E-state index in [4.69, 9.17) is 0 Å². The zero-order valence-corrected chi connectivity index (χ0v) is 16.7. The highest BCUT2D eigenvalue weighted by atomic mass is 16.3. The van der Waals surface area contributed by atoms with Crippen LogP contribution in [0.3, 0.4) is 0 Å². The monoisotopic (exact) mass is 371 g/mol. The Bertz CT molecular complexity index is 687. The van der Waals surface area contributed by atoms with Crippen LogP contribution < -0.4 is 10.2 Å². The van der Waals surface area contributed by atoms with Gasteiger partial charge in [-0.3, -0.25) is 9.69 Å². The molecule has 0 spiro atoms. The number of aryl methyl sites for hydroxylation is 1. The van der Waals surface area contributed by atoms with Crippen LogP contribution in [-0.2, 0) is 4.79 Å². The number of anilines is 1. The summed E-state index contributed by atoms with van der Waals surface area (Å²) in [6, 6.07) is 6.89. The van der Waals surface area contributed by atoms with Crippen molar-refractivity contribution in [1.82, 2.24) is 10.2 Å². The highest BCUT2D eigenvalue weighted by molar-refractivity contribution is 5.88. The first-order valence-electron chi connectivity index (χ1n) is 10.5. The Kier molecular flexibility index (Phi) is 5.17. The van der Waals surface area contributed by atoms with Crippen LogP contribution in [0, 0.1) is 19.8 Å². The van der Waals surface area contributed by atoms with Crippen molar-refractivity contribution in [3.63, 3.8) is 0 Å². The van der Waals surface area contributed by atoms with Crippen molar-refractivity contribution in [3.05, 3.63) is 29.3 Å². The van der Waals surface area contributed by atoms with Gasteiger partial charge in [0.05, 0.1) is 0 Å². The quantitative estimate of drug-likeness (QED) is 0.805. The Morgan fingerprint density at radius 2 is 1.89 bits per heavy atom. The van der Waals surface area contributed by atoms with Gasteiger partial charge in [0, 0.05) is 37.9 Å². The van der Waals surface area contributed by atoms with Gasteiger partial charge in [0.15, 0.2) is 0 Å². The summed E-state index contributed by atoms with van der Waals surface area (Å²) in [7, 11) is 0. The molecular weight excluding hydrogens is 338 g/mol. The molecular formula is C22H33N3O2. The summed E-state index contributed by atoms with van der Waals surface area (Å²) in [5.41, 5.74) is 3.14. The predicted molar refractivity (Wildman–Crippen MR) is 108 cm³/mol. The lowest BCUT2D eigenvalue weighted by atomic mass is 9.78. The fourth-order valence-electron chi connectivity index (χ4n) is 4.41. The first-order chi connectivity index (χ1) is 12.9. The van der Waals surface area contributed by atoms with Gasteiger partial charge in [0.1, 0.15) is 5.60 Å². The number of aliphatic hydroxyl groups is 1. The second-order valence-corrected chi connectivity index (χ2v) is 8.88. The minimum absolute atomic E-state index is 0.145. The Labute approximate surface area is 162 Å². The van der Waals surface area contributed by atoms with Crippen molar-refractivity contribution < 1.29 is 9.90 Å². The zero-order valence-electron chi connectivity index (χ0n) is 16.7. The highest BCUT2D eigenvalue weighted by Crippen LogP contribution is 2.37. The number of amides is 1. The van der Waals surface area contributed by atoms with E-state index in [1.165, 1.54) is 23.2 Å². The molecule has 3 aliphatic rings. The summed E-state index contributed by atoms with van der Waals surface area (Å²) in [6.45, 7) is 10.0. The topological polar surface area (TPSA) is 55.8 Å². The van der Waals surface area contributed by atoms with Crippen LogP contribution in [0.4, 0.5) is 5.69 Å². The molecule has 1 saturated heterocycles. The van der Waals surface area contributed by atoms with Crippen LogP contribution in [-0.4, -0.2) is 60.3 Å². The third-order valence-corrected chi connectivity index (χ3v) is 6.86. The normalized spacial score (nSPS) is 27.1. The van der Waals surface area contributed by atoms with Gasteiger partial charge in [-0.05, 0) is 75.6 Å². The Hall–Kier alpha value is -1.59. The smallest absolute Gasteiger partial charge is 0.252 e. The lowest BCUT2D eigenvalue weighted by Gasteiger charge is -2.40. The van der Waals surface area contributed by atoms with Gasteiger partial charge in [0.2, 0.25) is 0 Å². The zero-order chi connectivity index (χ0) is 19.0. The van der Waals surface area contributed by atoms with E-state index in [1.807, 2.05) is 0 Å². The van der Waals surface area contributed by atoms with Gasteiger partial charge in [-0.15, -0.1) is 0 Å². The van der Waals surface area contributed by atoms with Gasteiger partial charge in [-0.2, -0.15) is 0 Å². The van der Waals surface area contributed by atoms with E-state index in [1.54, 1.807) is 0 Å². The number of hydrogen-bond acceptors (Lipinski definition) is 4. The van der Waals surface area contributed by atoms with Gasteiger partial charge in [-0.1, -0.05) is 12.1 Å². The van der Waals surface area contributed by atoms with E-state index >= 15 is 0 Å². The van der Waals surface area contributed by atoms with Crippen LogP contribution in [0.25, 0.3) is 0 Å². The number of hydrogen-bond donors (Lipinski definition) is 2. The first-order valence-corrected chi connectivity index (χ1v) is 10.5. The second-order valence-electron chi connectivity index (χ2n) is 8.88. The standard InChI is InChI=1S/C22H33N3O2/c1-16-4-3-5-20(17(16)2)25-12-10-24(11-13-25)9-6-18-14-19(15-18)23-21(26)22(27)7-8-22/h3-5,18-19,27H,6-15H2,1-2H3,(H,23,26)/t18-,19+. The maximum atomic E-state index is 11.9. The van der Waals surface area contributed by atoms with Crippen LogP contribution in [0.15, 0.2) is 18.2 Å². The third-order valence-electron chi connectivity index (χ3n) is 6.86. The summed E-state index contributed by atoms with van der Waals surface area (Å²) in [5.74, 6) is 0.578. The Balaban J connectivity index is 1.15. The van der Waals surface area contributed by atoms with Gasteiger partial charge >= 0.3 is 0 Å². The van der Waals surface area contributed by atoms with Crippen molar-refractivity contribution in [2.24, 2.45) is 5.92 Å². The average Bonchev–Trinajstić information content (AvgIpc) is 3.38. The molecule has 1 amide bonds. The number of rotatable bonds is 6. The maximum absolute atomic E-state index is 11.9. The van der Waals surface area contributed by atoms with E-state index in [0.717, 1.165) is 51.5 Å². The first kappa shape index (κ1) is 18.8. The molecule has 4 rings (SSSR count). The number of carbonyl (C=O) groups is 1. The molecule has 0 unspecified atom stereocenters. The lowest BCUT2D eigenvalue weighted by Crippen LogP contribution is -2.50. The van der Waals surface area contributed by atoms with Gasteiger partial charge < -0.3 is 15.3 Å². The lowest BCUT2D eigenvalue weighted by molar-refractivity contribution is -0.133. The Morgan fingerprint density at radius 3 is 2.56 bits per heavy atom. The van der Waals surface area contributed by atoms with Crippen LogP contribution >= 0.6 is 0 Å². The van der Waals surface area contributed by atoms with Gasteiger partial charge in [-0.25, -0.2) is 0 Å². The minimum atomic E-state index is -1.03. The number of carbonyl (C=O) groups excluding carboxylic acids is 1. The molecule has 1 aromatic carbocycles.